The van der Waals surface area contributed by atoms with Crippen LogP contribution in [-0.2, 0) is 20.8 Å². The highest BCUT2D eigenvalue weighted by molar-refractivity contribution is 6.00. The standard InChI is InChI=1S/C23H27N5O5/c1-31-9-6-24-17-13-18(22(29)30)25-21-19(16-5-3-4-15(12-16)14-32-2)26-23(27-20(17)21)28-7-10-33-11-8-28/h3-5,12-13H,6-11,14H2,1-2H3,(H,24,25)(H,29,30). The molecule has 3 aromatic rings. The van der Waals surface area contributed by atoms with E-state index in [0.29, 0.717) is 74.4 Å². The van der Waals surface area contributed by atoms with Crippen molar-refractivity contribution in [1.29, 1.82) is 0 Å². The first-order valence-corrected chi connectivity index (χ1v) is 10.7. The number of fused-ring (bicyclic) bond motifs is 1. The van der Waals surface area contributed by atoms with Gasteiger partial charge < -0.3 is 29.5 Å². The molecule has 1 aromatic carbocycles. The zero-order chi connectivity index (χ0) is 23.2. The van der Waals surface area contributed by atoms with Crippen LogP contribution < -0.4 is 10.2 Å². The number of methoxy groups -OCH3 is 2. The predicted octanol–water partition coefficient (Wildman–Crippen LogP) is 2.43. The van der Waals surface area contributed by atoms with Gasteiger partial charge in [-0.25, -0.2) is 19.7 Å². The number of anilines is 2. The highest BCUT2D eigenvalue weighted by Gasteiger charge is 2.22. The second kappa shape index (κ2) is 10.5. The van der Waals surface area contributed by atoms with Crippen LogP contribution in [0.3, 0.4) is 0 Å². The smallest absolute Gasteiger partial charge is 0.354 e. The fraction of sp³-hybridized carbons (Fsp3) is 0.391. The molecule has 174 valence electrons. The van der Waals surface area contributed by atoms with E-state index < -0.39 is 5.97 Å². The van der Waals surface area contributed by atoms with Gasteiger partial charge in [-0.1, -0.05) is 18.2 Å². The highest BCUT2D eigenvalue weighted by Crippen LogP contribution is 2.32. The molecule has 10 heteroatoms. The second-order valence-electron chi connectivity index (χ2n) is 7.58. The second-order valence-corrected chi connectivity index (χ2v) is 7.58. The Morgan fingerprint density at radius 1 is 1.12 bits per heavy atom. The Labute approximate surface area is 191 Å². The summed E-state index contributed by atoms with van der Waals surface area (Å²) in [6.07, 6.45) is 0. The van der Waals surface area contributed by atoms with Gasteiger partial charge in [-0.2, -0.15) is 0 Å². The van der Waals surface area contributed by atoms with Gasteiger partial charge in [0.25, 0.3) is 0 Å². The average molecular weight is 453 g/mol. The molecule has 2 aromatic heterocycles. The van der Waals surface area contributed by atoms with Crippen LogP contribution in [0.2, 0.25) is 0 Å². The zero-order valence-corrected chi connectivity index (χ0v) is 18.7. The van der Waals surface area contributed by atoms with Gasteiger partial charge in [0.05, 0.1) is 32.1 Å². The Balaban J connectivity index is 1.94. The van der Waals surface area contributed by atoms with E-state index in [-0.39, 0.29) is 5.69 Å². The van der Waals surface area contributed by atoms with E-state index in [0.717, 1.165) is 11.1 Å². The lowest BCUT2D eigenvalue weighted by Gasteiger charge is -2.27. The van der Waals surface area contributed by atoms with Crippen LogP contribution in [0.4, 0.5) is 11.6 Å². The average Bonchev–Trinajstić information content (AvgIpc) is 2.84. The Morgan fingerprint density at radius 3 is 2.67 bits per heavy atom. The fourth-order valence-corrected chi connectivity index (χ4v) is 3.71. The molecule has 2 N–H and O–H groups in total. The third kappa shape index (κ3) is 5.19. The first-order valence-electron chi connectivity index (χ1n) is 10.7. The number of carbonyl (C=O) groups is 1. The maximum Gasteiger partial charge on any atom is 0.354 e. The number of nitrogens with one attached hydrogen (secondary N) is 1. The molecule has 0 spiro atoms. The third-order valence-corrected chi connectivity index (χ3v) is 5.29. The molecule has 4 rings (SSSR count). The number of aromatic nitrogens is 3. The summed E-state index contributed by atoms with van der Waals surface area (Å²) in [5.41, 5.74) is 3.81. The van der Waals surface area contributed by atoms with Crippen molar-refractivity contribution in [1.82, 2.24) is 15.0 Å². The van der Waals surface area contributed by atoms with Crippen molar-refractivity contribution < 1.29 is 24.1 Å². The number of hydrogen-bond donors (Lipinski definition) is 2. The number of carboxylic acid groups (broad SMARTS) is 1. The number of aromatic carboxylic acids is 1. The van der Waals surface area contributed by atoms with Crippen molar-refractivity contribution in [2.75, 3.05) is 63.9 Å². The van der Waals surface area contributed by atoms with Crippen LogP contribution >= 0.6 is 0 Å². The molecule has 0 amide bonds. The summed E-state index contributed by atoms with van der Waals surface area (Å²) in [7, 11) is 3.25. The minimum Gasteiger partial charge on any atom is -0.477 e. The number of rotatable bonds is 9. The number of hydrogen-bond acceptors (Lipinski definition) is 9. The lowest BCUT2D eigenvalue weighted by Crippen LogP contribution is -2.37. The first kappa shape index (κ1) is 22.8. The molecule has 0 radical (unpaired) electrons. The topological polar surface area (TPSA) is 119 Å². The van der Waals surface area contributed by atoms with E-state index in [2.05, 4.69) is 15.2 Å². The zero-order valence-electron chi connectivity index (χ0n) is 18.7. The predicted molar refractivity (Wildman–Crippen MR) is 124 cm³/mol. The van der Waals surface area contributed by atoms with E-state index in [4.69, 9.17) is 24.2 Å². The van der Waals surface area contributed by atoms with E-state index in [1.54, 1.807) is 14.2 Å². The summed E-state index contributed by atoms with van der Waals surface area (Å²) in [6.45, 7) is 3.92. The summed E-state index contributed by atoms with van der Waals surface area (Å²) in [5, 5.41) is 12.9. The van der Waals surface area contributed by atoms with Crippen molar-refractivity contribution >= 4 is 28.6 Å². The Morgan fingerprint density at radius 2 is 1.94 bits per heavy atom. The van der Waals surface area contributed by atoms with Crippen molar-refractivity contribution in [3.63, 3.8) is 0 Å². The number of ether oxygens (including phenoxy) is 3. The van der Waals surface area contributed by atoms with Gasteiger partial charge in [0, 0.05) is 39.4 Å². The molecular weight excluding hydrogens is 426 g/mol. The number of carboxylic acids is 1. The number of morpholine rings is 1. The Hall–Kier alpha value is -3.34. The third-order valence-electron chi connectivity index (χ3n) is 5.29. The summed E-state index contributed by atoms with van der Waals surface area (Å²) >= 11 is 0. The molecule has 0 atom stereocenters. The van der Waals surface area contributed by atoms with Crippen LogP contribution in [0.1, 0.15) is 16.1 Å². The van der Waals surface area contributed by atoms with Gasteiger partial charge in [-0.3, -0.25) is 0 Å². The normalized spacial score (nSPS) is 13.9. The van der Waals surface area contributed by atoms with Gasteiger partial charge in [-0.05, 0) is 17.7 Å². The molecule has 10 nitrogen and oxygen atoms in total. The summed E-state index contributed by atoms with van der Waals surface area (Å²) in [5.74, 6) is -0.569. The van der Waals surface area contributed by atoms with Gasteiger partial charge in [-0.15, -0.1) is 0 Å². The monoisotopic (exact) mass is 453 g/mol. The molecule has 1 aliphatic rings. The van der Waals surface area contributed by atoms with Crippen LogP contribution in [-0.4, -0.2) is 79.7 Å². The molecule has 0 unspecified atom stereocenters. The summed E-state index contributed by atoms with van der Waals surface area (Å²) in [6, 6.07) is 9.29. The van der Waals surface area contributed by atoms with E-state index >= 15 is 0 Å². The lowest BCUT2D eigenvalue weighted by atomic mass is 10.1. The van der Waals surface area contributed by atoms with Crippen molar-refractivity contribution in [2.45, 2.75) is 6.61 Å². The van der Waals surface area contributed by atoms with Crippen molar-refractivity contribution in [3.05, 3.63) is 41.6 Å². The number of nitrogens with zero attached hydrogens (tertiary/aromatic N) is 4. The molecule has 3 heterocycles. The van der Waals surface area contributed by atoms with Gasteiger partial charge >= 0.3 is 5.97 Å². The maximum absolute atomic E-state index is 11.8. The van der Waals surface area contributed by atoms with Crippen molar-refractivity contribution in [2.24, 2.45) is 0 Å². The highest BCUT2D eigenvalue weighted by atomic mass is 16.5. The SMILES string of the molecule is COCCNc1cc(C(=O)O)nc2c(-c3cccc(COC)c3)nc(N3CCOCC3)nc12. The summed E-state index contributed by atoms with van der Waals surface area (Å²) in [4.78, 5) is 28.0. The fourth-order valence-electron chi connectivity index (χ4n) is 3.71. The van der Waals surface area contributed by atoms with Crippen LogP contribution in [0.15, 0.2) is 30.3 Å². The van der Waals surface area contributed by atoms with Gasteiger partial charge in [0.2, 0.25) is 5.95 Å². The van der Waals surface area contributed by atoms with E-state index in [9.17, 15) is 9.90 Å². The molecule has 33 heavy (non-hydrogen) atoms. The van der Waals surface area contributed by atoms with E-state index in [1.807, 2.05) is 24.3 Å². The van der Waals surface area contributed by atoms with Gasteiger partial charge in [0.1, 0.15) is 16.7 Å². The Bertz CT molecular complexity index is 1130. The van der Waals surface area contributed by atoms with Crippen LogP contribution in [0, 0.1) is 0 Å². The number of benzene rings is 1. The molecule has 1 fully saturated rings. The maximum atomic E-state index is 11.8. The molecule has 1 saturated heterocycles. The number of pyridine rings is 1. The van der Waals surface area contributed by atoms with Crippen LogP contribution in [0.25, 0.3) is 22.3 Å². The quantitative estimate of drug-likeness (QED) is 0.468. The van der Waals surface area contributed by atoms with Crippen molar-refractivity contribution in [3.8, 4) is 11.3 Å². The largest absolute Gasteiger partial charge is 0.477 e. The summed E-state index contributed by atoms with van der Waals surface area (Å²) < 4.78 is 15.9. The molecule has 0 saturated carbocycles. The molecule has 0 aliphatic carbocycles. The minimum atomic E-state index is -1.12. The molecule has 1 aliphatic heterocycles. The van der Waals surface area contributed by atoms with E-state index in [1.165, 1.54) is 6.07 Å². The lowest BCUT2D eigenvalue weighted by molar-refractivity contribution is 0.0691. The first-order chi connectivity index (χ1) is 16.1. The molecular formula is C23H27N5O5. The molecule has 0 bridgehead atoms. The minimum absolute atomic E-state index is 0.0839. The van der Waals surface area contributed by atoms with Gasteiger partial charge in [0.15, 0.2) is 5.69 Å². The van der Waals surface area contributed by atoms with Crippen LogP contribution in [0.5, 0.6) is 0 Å². The Kier molecular flexibility index (Phi) is 7.28.